The van der Waals surface area contributed by atoms with Crippen LogP contribution in [0, 0.1) is 0 Å². The second-order valence-corrected chi connectivity index (χ2v) is 5.59. The summed E-state index contributed by atoms with van der Waals surface area (Å²) in [6.45, 7) is 0.956. The van der Waals surface area contributed by atoms with Crippen LogP contribution in [0.5, 0.6) is 0 Å². The lowest BCUT2D eigenvalue weighted by Crippen LogP contribution is -2.31. The van der Waals surface area contributed by atoms with E-state index in [-0.39, 0.29) is 10.0 Å². The minimum atomic E-state index is -3.56. The zero-order valence-electron chi connectivity index (χ0n) is 9.14. The van der Waals surface area contributed by atoms with Crippen LogP contribution in [0.1, 0.15) is 0 Å². The molecule has 0 amide bonds. The van der Waals surface area contributed by atoms with Crippen LogP contribution in [0.15, 0.2) is 23.2 Å². The number of hydrogen-bond acceptors (Lipinski definition) is 4. The fourth-order valence-electron chi connectivity index (χ4n) is 1.05. The zero-order valence-corrected chi connectivity index (χ0v) is 10.7. The number of hydrogen-bond donors (Lipinski definition) is 1. The van der Waals surface area contributed by atoms with Gasteiger partial charge in [0, 0.05) is 19.3 Å². The summed E-state index contributed by atoms with van der Waals surface area (Å²) in [6, 6.07) is 2.96. The minimum absolute atomic E-state index is 0.00965. The van der Waals surface area contributed by atoms with Gasteiger partial charge in [-0.1, -0.05) is 11.6 Å². The van der Waals surface area contributed by atoms with Crippen molar-refractivity contribution in [3.05, 3.63) is 23.5 Å². The van der Waals surface area contributed by atoms with Gasteiger partial charge in [-0.3, -0.25) is 0 Å². The molecule has 0 saturated carbocycles. The summed E-state index contributed by atoms with van der Waals surface area (Å²) in [6.07, 6.45) is 1.45. The van der Waals surface area contributed by atoms with E-state index in [9.17, 15) is 8.42 Å². The maximum absolute atomic E-state index is 11.8. The van der Waals surface area contributed by atoms with Crippen molar-refractivity contribution < 1.29 is 8.42 Å². The number of nitrogens with one attached hydrogen (secondary N) is 1. The molecular formula is C9H14ClN3O2S. The third kappa shape index (κ3) is 3.71. The van der Waals surface area contributed by atoms with Crippen molar-refractivity contribution in [1.82, 2.24) is 14.6 Å². The quantitative estimate of drug-likeness (QED) is 0.790. The molecule has 0 aromatic carbocycles. The SMILES string of the molecule is CN(C)CCNS(=O)(=O)c1cccnc1Cl. The van der Waals surface area contributed by atoms with E-state index < -0.39 is 10.0 Å². The summed E-state index contributed by atoms with van der Waals surface area (Å²) in [7, 11) is 0.175. The first-order valence-electron chi connectivity index (χ1n) is 4.68. The molecule has 1 rings (SSSR count). The largest absolute Gasteiger partial charge is 0.308 e. The van der Waals surface area contributed by atoms with Crippen LogP contribution in [-0.4, -0.2) is 45.5 Å². The van der Waals surface area contributed by atoms with E-state index in [4.69, 9.17) is 11.6 Å². The predicted octanol–water partition coefficient (Wildman–Crippen LogP) is 0.575. The van der Waals surface area contributed by atoms with Gasteiger partial charge in [0.1, 0.15) is 10.0 Å². The molecule has 5 nitrogen and oxygen atoms in total. The Kier molecular flexibility index (Phi) is 4.67. The molecule has 0 saturated heterocycles. The number of pyridine rings is 1. The molecule has 1 N–H and O–H groups in total. The van der Waals surface area contributed by atoms with E-state index in [0.717, 1.165) is 0 Å². The fourth-order valence-corrected chi connectivity index (χ4v) is 2.52. The van der Waals surface area contributed by atoms with Gasteiger partial charge >= 0.3 is 0 Å². The molecule has 7 heteroatoms. The van der Waals surface area contributed by atoms with Crippen LogP contribution in [0.2, 0.25) is 5.15 Å². The molecule has 0 aliphatic rings. The van der Waals surface area contributed by atoms with Crippen molar-refractivity contribution in [3.8, 4) is 0 Å². The maximum atomic E-state index is 11.8. The van der Waals surface area contributed by atoms with E-state index >= 15 is 0 Å². The summed E-state index contributed by atoms with van der Waals surface area (Å²) in [5, 5.41) is -0.0140. The summed E-state index contributed by atoms with van der Waals surface area (Å²) < 4.78 is 26.0. The van der Waals surface area contributed by atoms with Gasteiger partial charge in [-0.25, -0.2) is 18.1 Å². The molecule has 1 aromatic rings. The van der Waals surface area contributed by atoms with Gasteiger partial charge < -0.3 is 4.90 Å². The molecule has 0 fully saturated rings. The summed E-state index contributed by atoms with van der Waals surface area (Å²) >= 11 is 5.71. The maximum Gasteiger partial charge on any atom is 0.243 e. The van der Waals surface area contributed by atoms with Crippen LogP contribution in [0.25, 0.3) is 0 Å². The van der Waals surface area contributed by atoms with Crippen LogP contribution < -0.4 is 4.72 Å². The second-order valence-electron chi connectivity index (χ2n) is 3.49. The van der Waals surface area contributed by atoms with E-state index in [0.29, 0.717) is 13.1 Å². The molecule has 16 heavy (non-hydrogen) atoms. The Morgan fingerprint density at radius 1 is 1.50 bits per heavy atom. The molecule has 0 aliphatic carbocycles. The molecule has 1 heterocycles. The van der Waals surface area contributed by atoms with E-state index in [1.165, 1.54) is 18.3 Å². The van der Waals surface area contributed by atoms with Crippen molar-refractivity contribution in [2.45, 2.75) is 4.90 Å². The van der Waals surface area contributed by atoms with Crippen molar-refractivity contribution in [2.24, 2.45) is 0 Å². The number of aromatic nitrogens is 1. The highest BCUT2D eigenvalue weighted by Gasteiger charge is 2.17. The zero-order chi connectivity index (χ0) is 12.2. The average molecular weight is 264 g/mol. The molecule has 90 valence electrons. The Morgan fingerprint density at radius 2 is 2.19 bits per heavy atom. The summed E-state index contributed by atoms with van der Waals surface area (Å²) in [4.78, 5) is 5.62. The van der Waals surface area contributed by atoms with E-state index in [1.54, 1.807) is 0 Å². The fraction of sp³-hybridized carbons (Fsp3) is 0.444. The normalized spacial score (nSPS) is 12.0. The molecule has 0 spiro atoms. The Hall–Kier alpha value is -0.690. The minimum Gasteiger partial charge on any atom is -0.308 e. The highest BCUT2D eigenvalue weighted by molar-refractivity contribution is 7.89. The topological polar surface area (TPSA) is 62.3 Å². The number of nitrogens with zero attached hydrogens (tertiary/aromatic N) is 2. The van der Waals surface area contributed by atoms with Crippen molar-refractivity contribution >= 4 is 21.6 Å². The Bertz CT molecular complexity index is 448. The summed E-state index contributed by atoms with van der Waals surface area (Å²) in [5.41, 5.74) is 0. The van der Waals surface area contributed by atoms with Crippen molar-refractivity contribution in [3.63, 3.8) is 0 Å². The van der Waals surface area contributed by atoms with Gasteiger partial charge in [0.15, 0.2) is 0 Å². The average Bonchev–Trinajstić information content (AvgIpc) is 2.17. The van der Waals surface area contributed by atoms with Crippen LogP contribution in [0.3, 0.4) is 0 Å². The highest BCUT2D eigenvalue weighted by Crippen LogP contribution is 2.16. The van der Waals surface area contributed by atoms with Crippen LogP contribution in [0.4, 0.5) is 0 Å². The van der Waals surface area contributed by atoms with Crippen LogP contribution >= 0.6 is 11.6 Å². The smallest absolute Gasteiger partial charge is 0.243 e. The van der Waals surface area contributed by atoms with Gasteiger partial charge in [0.2, 0.25) is 10.0 Å². The standard InChI is InChI=1S/C9H14ClN3O2S/c1-13(2)7-6-12-16(14,15)8-4-3-5-11-9(8)10/h3-5,12H,6-7H2,1-2H3. The lowest BCUT2D eigenvalue weighted by Gasteiger charge is -2.11. The number of halogens is 1. The molecule has 0 atom stereocenters. The second kappa shape index (κ2) is 5.58. The number of sulfonamides is 1. The first-order valence-corrected chi connectivity index (χ1v) is 6.54. The Balaban J connectivity index is 2.75. The lowest BCUT2D eigenvalue weighted by atomic mass is 10.5. The molecule has 0 aliphatic heterocycles. The first kappa shape index (κ1) is 13.4. The van der Waals surface area contributed by atoms with Crippen molar-refractivity contribution in [1.29, 1.82) is 0 Å². The Morgan fingerprint density at radius 3 is 2.75 bits per heavy atom. The van der Waals surface area contributed by atoms with Crippen molar-refractivity contribution in [2.75, 3.05) is 27.2 Å². The van der Waals surface area contributed by atoms with Gasteiger partial charge in [0.25, 0.3) is 0 Å². The Labute approximate surface area is 100 Å². The molecule has 0 radical (unpaired) electrons. The molecule has 0 unspecified atom stereocenters. The predicted molar refractivity (Wildman–Crippen MR) is 63.0 cm³/mol. The van der Waals surface area contributed by atoms with Gasteiger partial charge in [0.05, 0.1) is 0 Å². The third-order valence-corrected chi connectivity index (χ3v) is 3.77. The molecule has 1 aromatic heterocycles. The third-order valence-electron chi connectivity index (χ3n) is 1.87. The number of rotatable bonds is 5. The van der Waals surface area contributed by atoms with Gasteiger partial charge in [-0.15, -0.1) is 0 Å². The van der Waals surface area contributed by atoms with E-state index in [1.807, 2.05) is 19.0 Å². The van der Waals surface area contributed by atoms with Crippen LogP contribution in [-0.2, 0) is 10.0 Å². The highest BCUT2D eigenvalue weighted by atomic mass is 35.5. The summed E-state index contributed by atoms with van der Waals surface area (Å²) in [5.74, 6) is 0. The number of likely N-dealkylation sites (N-methyl/N-ethyl adjacent to an activating group) is 1. The lowest BCUT2D eigenvalue weighted by molar-refractivity contribution is 0.412. The van der Waals surface area contributed by atoms with Gasteiger partial charge in [-0.2, -0.15) is 0 Å². The first-order chi connectivity index (χ1) is 7.43. The molecular weight excluding hydrogens is 250 g/mol. The monoisotopic (exact) mass is 263 g/mol. The van der Waals surface area contributed by atoms with E-state index in [2.05, 4.69) is 9.71 Å². The van der Waals surface area contributed by atoms with Gasteiger partial charge in [-0.05, 0) is 26.2 Å². The molecule has 0 bridgehead atoms.